The Bertz CT molecular complexity index is 1250. The Morgan fingerprint density at radius 2 is 1.69 bits per heavy atom. The SMILES string of the molecule is C/C=C\c1c(O)ccc(C#N)c1NC=O.C=O.CC1(C)CC(C)(C)C1c1ccc(N2CCC(C=O)CC2)c(F)c1.CN. The van der Waals surface area contributed by atoms with Crippen LogP contribution in [0, 0.1) is 33.9 Å². The molecule has 1 aliphatic heterocycles. The van der Waals surface area contributed by atoms with Crippen molar-refractivity contribution >= 4 is 36.9 Å². The van der Waals surface area contributed by atoms with Crippen molar-refractivity contribution < 1.29 is 23.9 Å². The maximum atomic E-state index is 14.7. The van der Waals surface area contributed by atoms with E-state index in [1.54, 1.807) is 25.1 Å². The molecular formula is C33H45FN4O4. The average molecular weight is 581 g/mol. The number of hydrogen-bond acceptors (Lipinski definition) is 7. The predicted molar refractivity (Wildman–Crippen MR) is 167 cm³/mol. The minimum absolute atomic E-state index is 0.0245. The highest BCUT2D eigenvalue weighted by Crippen LogP contribution is 2.64. The number of carbonyl (C=O) groups excluding carboxylic acids is 3. The molecule has 8 nitrogen and oxygen atoms in total. The summed E-state index contributed by atoms with van der Waals surface area (Å²) in [6.07, 6.45) is 7.68. The van der Waals surface area contributed by atoms with Gasteiger partial charge in [-0.1, -0.05) is 45.9 Å². The summed E-state index contributed by atoms with van der Waals surface area (Å²) in [6.45, 7) is 14.4. The molecule has 1 saturated carbocycles. The molecule has 0 bridgehead atoms. The van der Waals surface area contributed by atoms with Gasteiger partial charge in [-0.2, -0.15) is 5.26 Å². The predicted octanol–water partition coefficient (Wildman–Crippen LogP) is 6.04. The molecule has 2 aromatic carbocycles. The van der Waals surface area contributed by atoms with E-state index in [1.807, 2.05) is 18.9 Å². The van der Waals surface area contributed by atoms with Crippen LogP contribution >= 0.6 is 0 Å². The number of carbonyl (C=O) groups is 3. The fourth-order valence-electron chi connectivity index (χ4n) is 6.69. The minimum atomic E-state index is -0.120. The lowest BCUT2D eigenvalue weighted by molar-refractivity contribution is -0.111. The number of phenols is 1. The topological polar surface area (TPSA) is 137 Å². The molecule has 0 spiro atoms. The first-order valence-electron chi connectivity index (χ1n) is 13.9. The first kappa shape index (κ1) is 36.0. The van der Waals surface area contributed by atoms with Crippen LogP contribution in [0.25, 0.3) is 6.08 Å². The number of nitrogens with one attached hydrogen (secondary N) is 1. The standard InChI is InChI=1S/C20H28FNO.C11H10N2O2.CH5N.CH2O/c1-19(2)13-20(3,4)18(19)15-5-6-17(16(21)11-15)22-9-7-14(12-23)8-10-22;1-2-3-9-10(15)5-4-8(6-12)11(9)13-7-14;2*1-2/h5-6,11-12,14,18H,7-10,13H2,1-4H3;2-5,7,15H,1H3,(H,13,14);2H2,1H3;1H2/b;3-2-;;. The zero-order valence-electron chi connectivity index (χ0n) is 25.6. The second-order valence-corrected chi connectivity index (χ2v) is 11.6. The van der Waals surface area contributed by atoms with Gasteiger partial charge in [-0.15, -0.1) is 0 Å². The van der Waals surface area contributed by atoms with Crippen LogP contribution in [-0.4, -0.2) is 44.7 Å². The number of phenolic OH excluding ortho intramolecular Hbond substituents is 1. The Labute approximate surface area is 249 Å². The van der Waals surface area contributed by atoms with E-state index in [0.717, 1.165) is 37.8 Å². The van der Waals surface area contributed by atoms with Crippen LogP contribution in [0.15, 0.2) is 36.4 Å². The number of benzene rings is 2. The summed E-state index contributed by atoms with van der Waals surface area (Å²) in [5.41, 5.74) is 7.85. The van der Waals surface area contributed by atoms with E-state index in [-0.39, 0.29) is 28.3 Å². The number of nitriles is 1. The molecule has 4 N–H and O–H groups in total. The number of rotatable bonds is 6. The van der Waals surface area contributed by atoms with Crippen molar-refractivity contribution in [2.24, 2.45) is 22.5 Å². The van der Waals surface area contributed by atoms with Crippen LogP contribution in [0.1, 0.15) is 76.5 Å². The van der Waals surface area contributed by atoms with Gasteiger partial charge in [0.15, 0.2) is 0 Å². The molecule has 1 saturated heterocycles. The van der Waals surface area contributed by atoms with Gasteiger partial charge < -0.3 is 30.6 Å². The summed E-state index contributed by atoms with van der Waals surface area (Å²) in [4.78, 5) is 31.3. The summed E-state index contributed by atoms with van der Waals surface area (Å²) < 4.78 is 14.7. The van der Waals surface area contributed by atoms with Crippen LogP contribution in [0.3, 0.4) is 0 Å². The van der Waals surface area contributed by atoms with Crippen molar-refractivity contribution in [1.82, 2.24) is 0 Å². The smallest absolute Gasteiger partial charge is 0.211 e. The highest BCUT2D eigenvalue weighted by Gasteiger charge is 2.53. The summed E-state index contributed by atoms with van der Waals surface area (Å²) in [7, 11) is 1.50. The van der Waals surface area contributed by atoms with Gasteiger partial charge in [-0.3, -0.25) is 4.79 Å². The molecule has 4 rings (SSSR count). The van der Waals surface area contributed by atoms with Crippen LogP contribution in [0.5, 0.6) is 5.75 Å². The van der Waals surface area contributed by atoms with Crippen molar-refractivity contribution in [2.75, 3.05) is 30.4 Å². The highest BCUT2D eigenvalue weighted by atomic mass is 19.1. The summed E-state index contributed by atoms with van der Waals surface area (Å²) in [6, 6.07) is 10.6. The number of hydrogen-bond donors (Lipinski definition) is 3. The zero-order valence-corrected chi connectivity index (χ0v) is 25.6. The van der Waals surface area contributed by atoms with Gasteiger partial charge >= 0.3 is 0 Å². The third-order valence-electron chi connectivity index (χ3n) is 7.73. The second kappa shape index (κ2) is 16.4. The van der Waals surface area contributed by atoms with E-state index in [9.17, 15) is 19.1 Å². The van der Waals surface area contributed by atoms with Crippen molar-refractivity contribution in [3.8, 4) is 11.8 Å². The highest BCUT2D eigenvalue weighted by molar-refractivity contribution is 5.84. The van der Waals surface area contributed by atoms with Gasteiger partial charge in [0.2, 0.25) is 6.41 Å². The minimum Gasteiger partial charge on any atom is -0.507 e. The molecule has 0 unspecified atom stereocenters. The van der Waals surface area contributed by atoms with Crippen molar-refractivity contribution in [2.45, 2.75) is 59.8 Å². The van der Waals surface area contributed by atoms with E-state index >= 15 is 0 Å². The number of aromatic hydroxyl groups is 1. The number of halogens is 1. The molecule has 1 aliphatic carbocycles. The van der Waals surface area contributed by atoms with E-state index in [4.69, 9.17) is 10.1 Å². The van der Waals surface area contributed by atoms with Crippen LogP contribution in [0.4, 0.5) is 15.8 Å². The maximum absolute atomic E-state index is 14.7. The van der Waals surface area contributed by atoms with Gasteiger partial charge in [-0.25, -0.2) is 4.39 Å². The van der Waals surface area contributed by atoms with E-state index < -0.39 is 0 Å². The Balaban J connectivity index is 0.000000403. The fraction of sp³-hybridized carbons (Fsp3) is 0.455. The molecule has 42 heavy (non-hydrogen) atoms. The number of nitrogens with two attached hydrogens (primary N) is 1. The van der Waals surface area contributed by atoms with Gasteiger partial charge in [0, 0.05) is 24.6 Å². The number of allylic oxidation sites excluding steroid dienone is 1. The number of nitrogens with zero attached hydrogens (tertiary/aromatic N) is 2. The van der Waals surface area contributed by atoms with E-state index in [2.05, 4.69) is 49.7 Å². The van der Waals surface area contributed by atoms with Crippen molar-refractivity contribution in [3.63, 3.8) is 0 Å². The molecule has 2 aromatic rings. The van der Waals surface area contributed by atoms with Crippen molar-refractivity contribution in [3.05, 3.63) is 58.9 Å². The van der Waals surface area contributed by atoms with Crippen LogP contribution in [-0.2, 0) is 14.4 Å². The number of amides is 1. The lowest BCUT2D eigenvalue weighted by atomic mass is 9.46. The Hall–Kier alpha value is -4.03. The quantitative estimate of drug-likeness (QED) is 0.355. The molecule has 9 heteroatoms. The van der Waals surface area contributed by atoms with Crippen molar-refractivity contribution in [1.29, 1.82) is 5.26 Å². The summed E-state index contributed by atoms with van der Waals surface area (Å²) in [5.74, 6) is 0.450. The van der Waals surface area contributed by atoms with Gasteiger partial charge in [0.1, 0.15) is 30.7 Å². The second-order valence-electron chi connectivity index (χ2n) is 11.6. The summed E-state index contributed by atoms with van der Waals surface area (Å²) >= 11 is 0. The monoisotopic (exact) mass is 580 g/mol. The molecule has 228 valence electrons. The molecule has 1 amide bonds. The first-order valence-corrected chi connectivity index (χ1v) is 13.9. The molecular weight excluding hydrogens is 535 g/mol. The third kappa shape index (κ3) is 8.49. The Morgan fingerprint density at radius 1 is 1.10 bits per heavy atom. The van der Waals surface area contributed by atoms with Gasteiger partial charge in [0.25, 0.3) is 0 Å². The molecule has 2 fully saturated rings. The van der Waals surface area contributed by atoms with Crippen LogP contribution in [0.2, 0.25) is 0 Å². The largest absolute Gasteiger partial charge is 0.507 e. The normalized spacial score (nSPS) is 17.1. The van der Waals surface area contributed by atoms with Gasteiger partial charge in [-0.05, 0) is 79.8 Å². The zero-order chi connectivity index (χ0) is 32.1. The molecule has 1 heterocycles. The Morgan fingerprint density at radius 3 is 2.14 bits per heavy atom. The van der Waals surface area contributed by atoms with Crippen LogP contribution < -0.4 is 16.0 Å². The lowest BCUT2D eigenvalue weighted by Crippen LogP contribution is -2.48. The number of piperidine rings is 1. The molecule has 0 radical (unpaired) electrons. The van der Waals surface area contributed by atoms with Gasteiger partial charge in [0.05, 0.1) is 16.9 Å². The average Bonchev–Trinajstić information content (AvgIpc) is 2.97. The number of aldehydes is 1. The van der Waals surface area contributed by atoms with E-state index in [1.165, 1.54) is 25.6 Å². The third-order valence-corrected chi connectivity index (χ3v) is 7.73. The number of anilines is 2. The lowest BCUT2D eigenvalue weighted by Gasteiger charge is -2.58. The fourth-order valence-corrected chi connectivity index (χ4v) is 6.69. The summed E-state index contributed by atoms with van der Waals surface area (Å²) in [5, 5.41) is 20.8. The molecule has 0 atom stereocenters. The molecule has 0 aromatic heterocycles. The van der Waals surface area contributed by atoms with E-state index in [0.29, 0.717) is 34.8 Å². The molecule has 2 aliphatic rings. The Kier molecular flexibility index (Phi) is 14.1. The first-order chi connectivity index (χ1) is 20.0. The maximum Gasteiger partial charge on any atom is 0.211 e.